The number of nitriles is 1. The highest BCUT2D eigenvalue weighted by Gasteiger charge is 2.39. The minimum Gasteiger partial charge on any atom is -0.324 e. The molecule has 0 bridgehead atoms. The van der Waals surface area contributed by atoms with Crippen molar-refractivity contribution in [1.82, 2.24) is 5.43 Å². The van der Waals surface area contributed by atoms with Crippen molar-refractivity contribution in [3.63, 3.8) is 0 Å². The normalized spacial score (nSPS) is 20.1. The molecule has 1 aliphatic rings. The molecule has 2 N–H and O–H groups in total. The molecule has 0 spiro atoms. The van der Waals surface area contributed by atoms with Crippen molar-refractivity contribution in [3.05, 3.63) is 29.3 Å². The second-order valence-electron chi connectivity index (χ2n) is 5.87. The summed E-state index contributed by atoms with van der Waals surface area (Å²) in [6, 6.07) is 4.59. The van der Waals surface area contributed by atoms with E-state index in [1.807, 2.05) is 6.92 Å². The number of hydrogen-bond donors (Lipinski definition) is 2. The molecule has 1 aromatic rings. The molecule has 5 nitrogen and oxygen atoms in total. The summed E-state index contributed by atoms with van der Waals surface area (Å²) in [5, 5.41) is 15.4. The third-order valence-electron chi connectivity index (χ3n) is 3.76. The smallest absolute Gasteiger partial charge is 0.324 e. The molecule has 1 atom stereocenters. The lowest BCUT2D eigenvalue weighted by atomic mass is 9.94. The number of carbonyl (C=O) groups is 1. The maximum Gasteiger partial charge on any atom is 0.417 e. The Bertz CT molecular complexity index is 721. The van der Waals surface area contributed by atoms with Gasteiger partial charge < -0.3 is 5.32 Å². The van der Waals surface area contributed by atoms with E-state index in [2.05, 4.69) is 15.8 Å². The summed E-state index contributed by atoms with van der Waals surface area (Å²) >= 11 is 0. The average Bonchev–Trinajstić information content (AvgIpc) is 2.89. The van der Waals surface area contributed by atoms with E-state index in [1.165, 1.54) is 12.1 Å². The number of benzene rings is 1. The van der Waals surface area contributed by atoms with Gasteiger partial charge in [-0.05, 0) is 31.5 Å². The molecule has 0 aliphatic carbocycles. The van der Waals surface area contributed by atoms with Gasteiger partial charge in [0.05, 0.1) is 17.2 Å². The summed E-state index contributed by atoms with van der Waals surface area (Å²) in [7, 11) is 0. The second kappa shape index (κ2) is 6.51. The third-order valence-corrected chi connectivity index (χ3v) is 3.76. The lowest BCUT2D eigenvalue weighted by Crippen LogP contribution is -2.47. The van der Waals surface area contributed by atoms with Gasteiger partial charge in [-0.15, -0.1) is 0 Å². The van der Waals surface area contributed by atoms with Crippen molar-refractivity contribution >= 4 is 17.3 Å². The number of halogens is 3. The van der Waals surface area contributed by atoms with E-state index >= 15 is 0 Å². The third kappa shape index (κ3) is 3.67. The lowest BCUT2D eigenvalue weighted by molar-refractivity contribution is -0.137. The fourth-order valence-corrected chi connectivity index (χ4v) is 2.48. The molecule has 1 aliphatic heterocycles. The first kappa shape index (κ1) is 17.8. The lowest BCUT2D eigenvalue weighted by Gasteiger charge is -2.23. The molecule has 1 unspecified atom stereocenters. The van der Waals surface area contributed by atoms with Crippen LogP contribution in [0.5, 0.6) is 0 Å². The highest BCUT2D eigenvalue weighted by atomic mass is 19.4. The molecule has 0 aromatic heterocycles. The Morgan fingerprint density at radius 2 is 2.21 bits per heavy atom. The molecule has 2 rings (SSSR count). The van der Waals surface area contributed by atoms with Gasteiger partial charge in [-0.25, -0.2) is 0 Å². The minimum atomic E-state index is -4.67. The number of alkyl halides is 3. The van der Waals surface area contributed by atoms with E-state index in [-0.39, 0.29) is 5.69 Å². The van der Waals surface area contributed by atoms with Gasteiger partial charge in [-0.2, -0.15) is 23.5 Å². The number of carbonyl (C=O) groups excluding carboxylic acids is 1. The van der Waals surface area contributed by atoms with Crippen LogP contribution in [0, 0.1) is 11.3 Å². The van der Waals surface area contributed by atoms with Crippen LogP contribution in [0.25, 0.3) is 0 Å². The molecule has 1 amide bonds. The van der Waals surface area contributed by atoms with Crippen molar-refractivity contribution in [2.75, 3.05) is 5.32 Å². The Labute approximate surface area is 137 Å². The van der Waals surface area contributed by atoms with Crippen LogP contribution < -0.4 is 10.7 Å². The van der Waals surface area contributed by atoms with E-state index in [4.69, 9.17) is 5.26 Å². The zero-order valence-corrected chi connectivity index (χ0v) is 13.3. The summed E-state index contributed by atoms with van der Waals surface area (Å²) in [5.74, 6) is -0.477. The fourth-order valence-electron chi connectivity index (χ4n) is 2.48. The highest BCUT2D eigenvalue weighted by Crippen LogP contribution is 2.34. The zero-order valence-electron chi connectivity index (χ0n) is 13.3. The Hall–Kier alpha value is -2.56. The molecule has 0 saturated carbocycles. The van der Waals surface area contributed by atoms with Gasteiger partial charge >= 0.3 is 6.18 Å². The van der Waals surface area contributed by atoms with Crippen LogP contribution in [-0.2, 0) is 11.0 Å². The monoisotopic (exact) mass is 338 g/mol. The van der Waals surface area contributed by atoms with Gasteiger partial charge in [0, 0.05) is 17.8 Å². The maximum atomic E-state index is 13.0. The van der Waals surface area contributed by atoms with Crippen LogP contribution in [0.4, 0.5) is 18.9 Å². The molecule has 0 saturated heterocycles. The van der Waals surface area contributed by atoms with Crippen molar-refractivity contribution in [1.29, 1.82) is 5.26 Å². The SMILES string of the molecule is CCCC1=NNC(C)(C(=O)Nc2ccc(C#N)c(C(F)(F)F)c2)C1. The van der Waals surface area contributed by atoms with Crippen molar-refractivity contribution in [3.8, 4) is 6.07 Å². The standard InChI is InChI=1S/C16H17F3N4O/c1-3-4-12-8-15(2,23-22-12)14(24)21-11-6-5-10(9-20)13(7-11)16(17,18)19/h5-7,23H,3-4,8H2,1-2H3,(H,21,24). The molecule has 1 aromatic carbocycles. The number of nitrogens with zero attached hydrogens (tertiary/aromatic N) is 2. The number of hydrazone groups is 1. The number of anilines is 1. The van der Waals surface area contributed by atoms with Crippen molar-refractivity contribution in [2.24, 2.45) is 5.10 Å². The molecule has 8 heteroatoms. The first-order chi connectivity index (χ1) is 11.2. The number of nitrogens with one attached hydrogen (secondary N) is 2. The van der Waals surface area contributed by atoms with Crippen LogP contribution in [0.3, 0.4) is 0 Å². The number of hydrogen-bond acceptors (Lipinski definition) is 4. The molecule has 0 fully saturated rings. The maximum absolute atomic E-state index is 13.0. The first-order valence-corrected chi connectivity index (χ1v) is 7.45. The molecule has 128 valence electrons. The van der Waals surface area contributed by atoms with Gasteiger partial charge in [-0.1, -0.05) is 13.3 Å². The molecule has 1 heterocycles. The van der Waals surface area contributed by atoms with Gasteiger partial charge in [0.15, 0.2) is 0 Å². The van der Waals surface area contributed by atoms with Crippen LogP contribution in [0.15, 0.2) is 23.3 Å². The van der Waals surface area contributed by atoms with Crippen molar-refractivity contribution in [2.45, 2.75) is 44.8 Å². The average molecular weight is 338 g/mol. The van der Waals surface area contributed by atoms with Crippen molar-refractivity contribution < 1.29 is 18.0 Å². The van der Waals surface area contributed by atoms with E-state index in [1.54, 1.807) is 6.92 Å². The highest BCUT2D eigenvalue weighted by molar-refractivity contribution is 6.03. The summed E-state index contributed by atoms with van der Waals surface area (Å²) in [6.07, 6.45) is -2.62. The summed E-state index contributed by atoms with van der Waals surface area (Å²) in [4.78, 5) is 12.4. The fraction of sp³-hybridized carbons (Fsp3) is 0.438. The van der Waals surface area contributed by atoms with Crippen LogP contribution in [-0.4, -0.2) is 17.2 Å². The summed E-state index contributed by atoms with van der Waals surface area (Å²) < 4.78 is 38.9. The topological polar surface area (TPSA) is 77.3 Å². The van der Waals surface area contributed by atoms with E-state index in [0.717, 1.165) is 30.7 Å². The van der Waals surface area contributed by atoms with E-state index in [9.17, 15) is 18.0 Å². The second-order valence-corrected chi connectivity index (χ2v) is 5.87. The van der Waals surface area contributed by atoms with Crippen LogP contribution in [0.2, 0.25) is 0 Å². The van der Waals surface area contributed by atoms with E-state index < -0.39 is 28.7 Å². The van der Waals surface area contributed by atoms with Gasteiger partial charge in [0.25, 0.3) is 5.91 Å². The Morgan fingerprint density at radius 1 is 1.50 bits per heavy atom. The van der Waals surface area contributed by atoms with Gasteiger partial charge in [0.2, 0.25) is 0 Å². The molecule has 24 heavy (non-hydrogen) atoms. The van der Waals surface area contributed by atoms with Gasteiger partial charge in [0.1, 0.15) is 5.54 Å². The minimum absolute atomic E-state index is 0.0155. The Kier molecular flexibility index (Phi) is 4.83. The quantitative estimate of drug-likeness (QED) is 0.883. The summed E-state index contributed by atoms with van der Waals surface area (Å²) in [5.41, 5.74) is 1.03. The Morgan fingerprint density at radius 3 is 2.79 bits per heavy atom. The largest absolute Gasteiger partial charge is 0.417 e. The zero-order chi connectivity index (χ0) is 18.0. The number of rotatable bonds is 4. The molecular weight excluding hydrogens is 321 g/mol. The molecule has 0 radical (unpaired) electrons. The predicted molar refractivity (Wildman–Crippen MR) is 83.3 cm³/mol. The Balaban J connectivity index is 2.17. The molecular formula is C16H17F3N4O. The van der Waals surface area contributed by atoms with Crippen LogP contribution >= 0.6 is 0 Å². The van der Waals surface area contributed by atoms with E-state index in [0.29, 0.717) is 6.42 Å². The summed E-state index contributed by atoms with van der Waals surface area (Å²) in [6.45, 7) is 3.64. The van der Waals surface area contributed by atoms with Crippen LogP contribution in [0.1, 0.15) is 44.2 Å². The van der Waals surface area contributed by atoms with Gasteiger partial charge in [-0.3, -0.25) is 10.2 Å². The number of amides is 1. The first-order valence-electron chi connectivity index (χ1n) is 7.45. The predicted octanol–water partition coefficient (Wildman–Crippen LogP) is 3.42.